The summed E-state index contributed by atoms with van der Waals surface area (Å²) in [5.41, 5.74) is 9.32. The minimum absolute atomic E-state index is 0.0346. The van der Waals surface area contributed by atoms with Crippen LogP contribution in [0.5, 0.6) is 5.75 Å². The van der Waals surface area contributed by atoms with Gasteiger partial charge >= 0.3 is 0 Å². The van der Waals surface area contributed by atoms with Crippen molar-refractivity contribution in [1.29, 1.82) is 5.26 Å². The molecule has 1 aliphatic heterocycles. The van der Waals surface area contributed by atoms with Crippen LogP contribution in [0, 0.1) is 11.3 Å². The van der Waals surface area contributed by atoms with E-state index >= 15 is 0 Å². The van der Waals surface area contributed by atoms with Gasteiger partial charge in [0.1, 0.15) is 11.5 Å². The van der Waals surface area contributed by atoms with Gasteiger partial charge in [-0.1, -0.05) is 145 Å². The van der Waals surface area contributed by atoms with Crippen LogP contribution in [0.15, 0.2) is 192 Å². The van der Waals surface area contributed by atoms with Gasteiger partial charge in [-0.25, -0.2) is 24.9 Å². The molecule has 6 aromatic carbocycles. The van der Waals surface area contributed by atoms with E-state index in [0.717, 1.165) is 71.5 Å². The molecule has 2 aromatic heterocycles. The molecule has 1 aliphatic carbocycles. The third kappa shape index (κ3) is 6.96. The lowest BCUT2D eigenvalue weighted by Gasteiger charge is -2.18. The summed E-state index contributed by atoms with van der Waals surface area (Å²) in [6.07, 6.45) is 6.80. The van der Waals surface area contributed by atoms with Gasteiger partial charge in [-0.2, -0.15) is 5.26 Å². The Kier molecular flexibility index (Phi) is 9.18. The second kappa shape index (κ2) is 15.2. The van der Waals surface area contributed by atoms with Gasteiger partial charge in [0.15, 0.2) is 23.3 Å². The number of ether oxygens (including phenoxy) is 1. The van der Waals surface area contributed by atoms with Crippen molar-refractivity contribution in [2.75, 3.05) is 0 Å². The summed E-state index contributed by atoms with van der Waals surface area (Å²) < 4.78 is 6.52. The molecule has 8 aromatic rings. The summed E-state index contributed by atoms with van der Waals surface area (Å²) in [7, 11) is 0. The van der Waals surface area contributed by atoms with Gasteiger partial charge in [-0.15, -0.1) is 0 Å². The van der Waals surface area contributed by atoms with E-state index in [4.69, 9.17) is 29.7 Å². The number of allylic oxidation sites excluding steroid dienone is 4. The molecule has 0 bridgehead atoms. The topological polar surface area (TPSA) is 97.5 Å². The Morgan fingerprint density at radius 3 is 1.90 bits per heavy atom. The van der Waals surface area contributed by atoms with E-state index in [-0.39, 0.29) is 5.92 Å². The van der Waals surface area contributed by atoms with Gasteiger partial charge in [-0.05, 0) is 59.5 Å². The molecule has 0 N–H and O–H groups in total. The molecule has 274 valence electrons. The quantitative estimate of drug-likeness (QED) is 0.151. The first-order chi connectivity index (χ1) is 28.6. The Balaban J connectivity index is 0.954. The summed E-state index contributed by atoms with van der Waals surface area (Å²) in [4.78, 5) is 27.1. The van der Waals surface area contributed by atoms with Gasteiger partial charge in [-0.3, -0.25) is 0 Å². The summed E-state index contributed by atoms with van der Waals surface area (Å²) >= 11 is 1.67. The SMILES string of the molecule is N#Cc1cccc(-c2ccc(-c3nc(-c4ccccc4)nc(-c4ccc5c(c4)OC4=CC=C(c6ncc(Sc7ccccc7)c(-c7ccccc7)n6)CC45)n3)cc2)c1. The summed E-state index contributed by atoms with van der Waals surface area (Å²) in [5.74, 6) is 4.14. The normalized spacial score (nSPS) is 14.0. The largest absolute Gasteiger partial charge is 0.461 e. The second-order valence-corrected chi connectivity index (χ2v) is 15.1. The molecular formula is C50H32N6OS. The maximum atomic E-state index is 9.39. The Morgan fingerprint density at radius 1 is 0.552 bits per heavy atom. The van der Waals surface area contributed by atoms with E-state index in [9.17, 15) is 5.26 Å². The molecule has 0 spiro atoms. The zero-order valence-electron chi connectivity index (χ0n) is 31.0. The molecule has 0 amide bonds. The molecule has 0 fully saturated rings. The fraction of sp³-hybridized carbons (Fsp3) is 0.0400. The smallest absolute Gasteiger partial charge is 0.164 e. The number of hydrogen-bond acceptors (Lipinski definition) is 8. The zero-order valence-corrected chi connectivity index (χ0v) is 31.8. The lowest BCUT2D eigenvalue weighted by molar-refractivity contribution is 0.426. The van der Waals surface area contributed by atoms with Gasteiger partial charge in [0.05, 0.1) is 22.2 Å². The van der Waals surface area contributed by atoms with Crippen LogP contribution < -0.4 is 4.74 Å². The zero-order chi connectivity index (χ0) is 38.8. The highest BCUT2D eigenvalue weighted by Crippen LogP contribution is 2.48. The third-order valence-electron chi connectivity index (χ3n) is 10.3. The highest BCUT2D eigenvalue weighted by atomic mass is 32.2. The van der Waals surface area contributed by atoms with Crippen LogP contribution in [0.25, 0.3) is 62.1 Å². The molecule has 8 heteroatoms. The van der Waals surface area contributed by atoms with E-state index < -0.39 is 0 Å². The molecule has 0 saturated carbocycles. The fourth-order valence-electron chi connectivity index (χ4n) is 7.35. The van der Waals surface area contributed by atoms with Crippen LogP contribution in [-0.4, -0.2) is 24.9 Å². The Morgan fingerprint density at radius 2 is 1.17 bits per heavy atom. The van der Waals surface area contributed by atoms with Crippen molar-refractivity contribution < 1.29 is 4.74 Å². The number of nitrogens with zero attached hydrogens (tertiary/aromatic N) is 6. The average Bonchev–Trinajstić information content (AvgIpc) is 3.67. The van der Waals surface area contributed by atoms with Crippen molar-refractivity contribution in [2.45, 2.75) is 22.1 Å². The molecule has 10 rings (SSSR count). The van der Waals surface area contributed by atoms with Crippen molar-refractivity contribution >= 4 is 17.3 Å². The van der Waals surface area contributed by atoms with Crippen molar-refractivity contribution in [2.24, 2.45) is 0 Å². The van der Waals surface area contributed by atoms with Gasteiger partial charge in [0.2, 0.25) is 0 Å². The van der Waals surface area contributed by atoms with Crippen molar-refractivity contribution in [3.63, 3.8) is 0 Å². The second-order valence-electron chi connectivity index (χ2n) is 14.0. The summed E-state index contributed by atoms with van der Waals surface area (Å²) in [6.45, 7) is 0. The van der Waals surface area contributed by atoms with Crippen molar-refractivity contribution in [1.82, 2.24) is 24.9 Å². The lowest BCUT2D eigenvalue weighted by atomic mass is 9.87. The highest BCUT2D eigenvalue weighted by molar-refractivity contribution is 7.99. The molecule has 1 unspecified atom stereocenters. The van der Waals surface area contributed by atoms with E-state index in [1.807, 2.05) is 121 Å². The predicted molar refractivity (Wildman–Crippen MR) is 228 cm³/mol. The van der Waals surface area contributed by atoms with Crippen molar-refractivity contribution in [3.05, 3.63) is 199 Å². The minimum atomic E-state index is 0.0346. The van der Waals surface area contributed by atoms with Crippen LogP contribution in [0.1, 0.15) is 29.3 Å². The summed E-state index contributed by atoms with van der Waals surface area (Å²) in [5, 5.41) is 9.39. The Labute approximate surface area is 340 Å². The molecule has 3 heterocycles. The van der Waals surface area contributed by atoms with Gasteiger partial charge < -0.3 is 4.74 Å². The average molecular weight is 765 g/mol. The first-order valence-corrected chi connectivity index (χ1v) is 19.8. The van der Waals surface area contributed by atoms with E-state index in [1.54, 1.807) is 17.8 Å². The number of rotatable bonds is 8. The highest BCUT2D eigenvalue weighted by Gasteiger charge is 2.33. The van der Waals surface area contributed by atoms with Gasteiger partial charge in [0.25, 0.3) is 0 Å². The summed E-state index contributed by atoms with van der Waals surface area (Å²) in [6, 6.07) is 54.7. The molecule has 0 saturated heterocycles. The molecule has 0 radical (unpaired) electrons. The maximum absolute atomic E-state index is 9.39. The first kappa shape index (κ1) is 35.0. The lowest BCUT2D eigenvalue weighted by Crippen LogP contribution is -2.07. The fourth-order valence-corrected chi connectivity index (χ4v) is 8.26. The molecule has 1 atom stereocenters. The van der Waals surface area contributed by atoms with E-state index in [0.29, 0.717) is 35.3 Å². The van der Waals surface area contributed by atoms with Crippen LogP contribution in [0.2, 0.25) is 0 Å². The number of fused-ring (bicyclic) bond motifs is 3. The number of hydrogen-bond donors (Lipinski definition) is 0. The van der Waals surface area contributed by atoms with Crippen LogP contribution in [0.4, 0.5) is 0 Å². The van der Waals surface area contributed by atoms with Crippen LogP contribution in [0.3, 0.4) is 0 Å². The van der Waals surface area contributed by atoms with Crippen molar-refractivity contribution in [3.8, 4) is 68.4 Å². The Bertz CT molecular complexity index is 2930. The van der Waals surface area contributed by atoms with Crippen LogP contribution in [-0.2, 0) is 0 Å². The number of aromatic nitrogens is 5. The minimum Gasteiger partial charge on any atom is -0.461 e. The standard InChI is InChI=1S/C50H32N6OS/c51-30-32-11-10-16-37(27-32)33-19-21-36(22-20-33)49-54-48(35-14-6-2-7-15-35)55-50(56-49)39-23-25-41-42-28-38(24-26-43(42)57-44(41)29-39)47-52-31-45(58-40-17-8-3-9-18-40)46(53-47)34-12-4-1-5-13-34/h1-27,29,31,42H,28H2. The molecule has 2 aliphatic rings. The molecule has 58 heavy (non-hydrogen) atoms. The number of benzene rings is 6. The van der Waals surface area contributed by atoms with E-state index in [2.05, 4.69) is 54.6 Å². The van der Waals surface area contributed by atoms with Gasteiger partial charge in [0, 0.05) is 44.8 Å². The first-order valence-electron chi connectivity index (χ1n) is 19.0. The third-order valence-corrected chi connectivity index (χ3v) is 11.3. The monoisotopic (exact) mass is 764 g/mol. The molecular weight excluding hydrogens is 733 g/mol. The molecule has 7 nitrogen and oxygen atoms in total. The number of nitriles is 1. The van der Waals surface area contributed by atoms with Crippen LogP contribution >= 0.6 is 11.8 Å². The predicted octanol–water partition coefficient (Wildman–Crippen LogP) is 11.9. The van der Waals surface area contributed by atoms with E-state index in [1.165, 1.54) is 0 Å². The maximum Gasteiger partial charge on any atom is 0.164 e. The Hall–Kier alpha value is -7.47.